The SMILES string of the molecule is C=Cc1c(C)ccc2c3ccccc3c[n+](C)c12. The lowest BCUT2D eigenvalue weighted by molar-refractivity contribution is -0.643. The third-order valence-corrected chi connectivity index (χ3v) is 3.58. The van der Waals surface area contributed by atoms with Crippen LogP contribution in [0, 0.1) is 6.92 Å². The number of nitrogens with zero attached hydrogens (tertiary/aromatic N) is 1. The van der Waals surface area contributed by atoms with Crippen molar-refractivity contribution >= 4 is 27.8 Å². The van der Waals surface area contributed by atoms with Crippen molar-refractivity contribution in [1.29, 1.82) is 0 Å². The number of pyridine rings is 1. The molecular formula is C17H16N+. The van der Waals surface area contributed by atoms with Gasteiger partial charge >= 0.3 is 0 Å². The van der Waals surface area contributed by atoms with Gasteiger partial charge < -0.3 is 0 Å². The molecule has 1 heteroatoms. The van der Waals surface area contributed by atoms with Crippen LogP contribution in [-0.2, 0) is 7.05 Å². The predicted molar refractivity (Wildman–Crippen MR) is 77.5 cm³/mol. The molecule has 0 radical (unpaired) electrons. The molecule has 0 fully saturated rings. The Labute approximate surface area is 107 Å². The van der Waals surface area contributed by atoms with Gasteiger partial charge in [0, 0.05) is 16.3 Å². The van der Waals surface area contributed by atoms with Gasteiger partial charge in [-0.1, -0.05) is 36.9 Å². The molecule has 1 nitrogen and oxygen atoms in total. The fourth-order valence-electron chi connectivity index (χ4n) is 2.69. The molecule has 0 N–H and O–H groups in total. The highest BCUT2D eigenvalue weighted by Gasteiger charge is 2.14. The van der Waals surface area contributed by atoms with Crippen LogP contribution in [0.25, 0.3) is 27.8 Å². The molecule has 0 amide bonds. The zero-order valence-electron chi connectivity index (χ0n) is 10.8. The van der Waals surface area contributed by atoms with E-state index in [0.717, 1.165) is 0 Å². The molecule has 0 spiro atoms. The van der Waals surface area contributed by atoms with E-state index in [1.165, 1.54) is 32.8 Å². The van der Waals surface area contributed by atoms with Gasteiger partial charge in [-0.2, -0.15) is 4.57 Å². The van der Waals surface area contributed by atoms with Gasteiger partial charge in [-0.25, -0.2) is 0 Å². The van der Waals surface area contributed by atoms with E-state index >= 15 is 0 Å². The molecule has 0 aliphatic rings. The molecule has 1 aromatic heterocycles. The third kappa shape index (κ3) is 1.44. The van der Waals surface area contributed by atoms with E-state index in [0.29, 0.717) is 0 Å². The highest BCUT2D eigenvalue weighted by Crippen LogP contribution is 2.26. The number of hydrogen-bond acceptors (Lipinski definition) is 0. The molecule has 0 atom stereocenters. The van der Waals surface area contributed by atoms with E-state index < -0.39 is 0 Å². The van der Waals surface area contributed by atoms with Crippen LogP contribution in [0.1, 0.15) is 11.1 Å². The van der Waals surface area contributed by atoms with Crippen LogP contribution in [0.4, 0.5) is 0 Å². The van der Waals surface area contributed by atoms with Crippen molar-refractivity contribution in [1.82, 2.24) is 0 Å². The van der Waals surface area contributed by atoms with E-state index in [9.17, 15) is 0 Å². The summed E-state index contributed by atoms with van der Waals surface area (Å²) in [6.07, 6.45) is 4.14. The Kier molecular flexibility index (Phi) is 2.41. The molecule has 3 aromatic rings. The fraction of sp³-hybridized carbons (Fsp3) is 0.118. The average molecular weight is 234 g/mol. The smallest absolute Gasteiger partial charge is 0.200 e. The van der Waals surface area contributed by atoms with E-state index in [-0.39, 0.29) is 0 Å². The van der Waals surface area contributed by atoms with Gasteiger partial charge in [0.25, 0.3) is 0 Å². The summed E-state index contributed by atoms with van der Waals surface area (Å²) in [6.45, 7) is 6.08. The second-order valence-corrected chi connectivity index (χ2v) is 4.72. The van der Waals surface area contributed by atoms with Crippen molar-refractivity contribution < 1.29 is 4.57 Å². The van der Waals surface area contributed by atoms with E-state index in [1.807, 2.05) is 6.08 Å². The van der Waals surface area contributed by atoms with Crippen molar-refractivity contribution in [2.75, 3.05) is 0 Å². The lowest BCUT2D eigenvalue weighted by Gasteiger charge is -2.07. The molecule has 0 saturated heterocycles. The van der Waals surface area contributed by atoms with Crippen LogP contribution in [-0.4, -0.2) is 0 Å². The van der Waals surface area contributed by atoms with Crippen molar-refractivity contribution in [3.8, 4) is 0 Å². The largest absolute Gasteiger partial charge is 0.220 e. The second kappa shape index (κ2) is 3.95. The molecule has 1 heterocycles. The summed E-state index contributed by atoms with van der Waals surface area (Å²) in [5, 5.41) is 3.86. The maximum Gasteiger partial charge on any atom is 0.220 e. The summed E-state index contributed by atoms with van der Waals surface area (Å²) in [5.74, 6) is 0. The summed E-state index contributed by atoms with van der Waals surface area (Å²) in [6, 6.07) is 12.9. The van der Waals surface area contributed by atoms with Crippen molar-refractivity contribution in [3.05, 3.63) is 60.3 Å². The van der Waals surface area contributed by atoms with Crippen LogP contribution >= 0.6 is 0 Å². The Morgan fingerprint density at radius 1 is 1.06 bits per heavy atom. The van der Waals surface area contributed by atoms with Gasteiger partial charge in [-0.05, 0) is 24.6 Å². The van der Waals surface area contributed by atoms with Gasteiger partial charge in [-0.15, -0.1) is 0 Å². The molecule has 18 heavy (non-hydrogen) atoms. The minimum absolute atomic E-state index is 1.22. The summed E-state index contributed by atoms with van der Waals surface area (Å²) in [7, 11) is 2.10. The zero-order chi connectivity index (χ0) is 12.7. The normalized spacial score (nSPS) is 11.0. The Balaban J connectivity index is 2.63. The minimum atomic E-state index is 1.22. The van der Waals surface area contributed by atoms with Crippen LogP contribution in [0.15, 0.2) is 49.2 Å². The molecule has 3 rings (SSSR count). The molecule has 88 valence electrons. The Morgan fingerprint density at radius 2 is 1.83 bits per heavy atom. The van der Waals surface area contributed by atoms with E-state index in [2.05, 4.69) is 67.7 Å². The summed E-state index contributed by atoms with van der Waals surface area (Å²) in [4.78, 5) is 0. The third-order valence-electron chi connectivity index (χ3n) is 3.58. The molecule has 0 unspecified atom stereocenters. The number of fused-ring (bicyclic) bond motifs is 3. The predicted octanol–water partition coefficient (Wildman–Crippen LogP) is 3.77. The molecule has 0 aliphatic carbocycles. The minimum Gasteiger partial charge on any atom is -0.200 e. The standard InChI is InChI=1S/C17H16N/c1-4-14-12(2)9-10-16-15-8-6-5-7-13(15)11-18(3)17(14)16/h4-11H,1H2,2-3H3/q+1. The Morgan fingerprint density at radius 3 is 2.61 bits per heavy atom. The van der Waals surface area contributed by atoms with Crippen LogP contribution < -0.4 is 4.57 Å². The first-order valence-corrected chi connectivity index (χ1v) is 6.15. The number of aromatic nitrogens is 1. The topological polar surface area (TPSA) is 3.88 Å². The number of benzene rings is 2. The molecule has 0 saturated carbocycles. The van der Waals surface area contributed by atoms with Gasteiger partial charge in [-0.3, -0.25) is 0 Å². The lowest BCUT2D eigenvalue weighted by atomic mass is 9.99. The Hall–Kier alpha value is -2.15. The molecule has 0 bridgehead atoms. The molecule has 2 aromatic carbocycles. The fourth-order valence-corrected chi connectivity index (χ4v) is 2.69. The van der Waals surface area contributed by atoms with Crippen LogP contribution in [0.2, 0.25) is 0 Å². The summed E-state index contributed by atoms with van der Waals surface area (Å²) < 4.78 is 2.20. The number of hydrogen-bond donors (Lipinski definition) is 0. The maximum atomic E-state index is 3.95. The second-order valence-electron chi connectivity index (χ2n) is 4.72. The first-order chi connectivity index (χ1) is 8.72. The number of aryl methyl sites for hydroxylation is 2. The van der Waals surface area contributed by atoms with Crippen molar-refractivity contribution in [2.45, 2.75) is 6.92 Å². The van der Waals surface area contributed by atoms with Gasteiger partial charge in [0.2, 0.25) is 5.52 Å². The summed E-state index contributed by atoms with van der Waals surface area (Å²) in [5.41, 5.74) is 3.74. The highest BCUT2D eigenvalue weighted by atomic mass is 14.9. The zero-order valence-corrected chi connectivity index (χ0v) is 10.8. The van der Waals surface area contributed by atoms with Crippen molar-refractivity contribution in [3.63, 3.8) is 0 Å². The number of rotatable bonds is 1. The monoisotopic (exact) mass is 234 g/mol. The van der Waals surface area contributed by atoms with Gasteiger partial charge in [0.1, 0.15) is 7.05 Å². The molecule has 0 aliphatic heterocycles. The first kappa shape index (κ1) is 11.0. The van der Waals surface area contributed by atoms with E-state index in [1.54, 1.807) is 0 Å². The van der Waals surface area contributed by atoms with E-state index in [4.69, 9.17) is 0 Å². The maximum absolute atomic E-state index is 3.95. The molecular weight excluding hydrogens is 218 g/mol. The first-order valence-electron chi connectivity index (χ1n) is 6.15. The highest BCUT2D eigenvalue weighted by molar-refractivity contribution is 6.06. The van der Waals surface area contributed by atoms with Crippen LogP contribution in [0.3, 0.4) is 0 Å². The van der Waals surface area contributed by atoms with Gasteiger partial charge in [0.15, 0.2) is 6.20 Å². The average Bonchev–Trinajstić information content (AvgIpc) is 2.39. The summed E-state index contributed by atoms with van der Waals surface area (Å²) >= 11 is 0. The van der Waals surface area contributed by atoms with Crippen LogP contribution in [0.5, 0.6) is 0 Å². The van der Waals surface area contributed by atoms with Crippen molar-refractivity contribution in [2.24, 2.45) is 7.05 Å². The lowest BCUT2D eigenvalue weighted by Crippen LogP contribution is -2.29. The quantitative estimate of drug-likeness (QED) is 0.446. The Bertz CT molecular complexity index is 769. The van der Waals surface area contributed by atoms with Gasteiger partial charge in [0.05, 0.1) is 5.39 Å².